The molecule has 0 saturated carbocycles. The molecule has 0 aliphatic heterocycles. The topological polar surface area (TPSA) is 97.0 Å². The molecule has 8 nitrogen and oxygen atoms in total. The van der Waals surface area contributed by atoms with Gasteiger partial charge in [0.25, 0.3) is 5.91 Å². The van der Waals surface area contributed by atoms with Crippen LogP contribution in [0.4, 0.5) is 5.82 Å². The summed E-state index contributed by atoms with van der Waals surface area (Å²) in [5.41, 5.74) is 2.36. The number of hydrogen-bond donors (Lipinski definition) is 1. The van der Waals surface area contributed by atoms with Gasteiger partial charge in [-0.05, 0) is 43.8 Å². The highest BCUT2D eigenvalue weighted by atomic mass is 16.4. The monoisotopic (exact) mass is 352 g/mol. The number of nitrogens with one attached hydrogen (secondary N) is 1. The summed E-state index contributed by atoms with van der Waals surface area (Å²) in [6.07, 6.45) is 0. The summed E-state index contributed by atoms with van der Waals surface area (Å²) in [5.74, 6) is 1.32. The number of rotatable bonds is 6. The number of hydrogen-bond acceptors (Lipinski definition) is 7. The molecule has 1 aromatic carbocycles. The maximum absolute atomic E-state index is 12.4. The number of aryl methyl sites for hydroxylation is 2. The zero-order chi connectivity index (χ0) is 18.5. The third-order valence-electron chi connectivity index (χ3n) is 3.65. The molecule has 8 heteroatoms. The van der Waals surface area contributed by atoms with Gasteiger partial charge < -0.3 is 9.73 Å². The first-order chi connectivity index (χ1) is 12.5. The summed E-state index contributed by atoms with van der Waals surface area (Å²) >= 11 is 0. The summed E-state index contributed by atoms with van der Waals surface area (Å²) in [7, 11) is 1.95. The van der Waals surface area contributed by atoms with E-state index in [-0.39, 0.29) is 5.91 Å². The van der Waals surface area contributed by atoms with Crippen LogP contribution in [0, 0.1) is 13.8 Å². The van der Waals surface area contributed by atoms with Crippen molar-refractivity contribution in [2.45, 2.75) is 26.9 Å². The van der Waals surface area contributed by atoms with Crippen LogP contribution >= 0.6 is 0 Å². The smallest absolute Gasteiger partial charge is 0.256 e. The predicted molar refractivity (Wildman–Crippen MR) is 95.4 cm³/mol. The second kappa shape index (κ2) is 7.83. The van der Waals surface area contributed by atoms with Crippen LogP contribution in [0.1, 0.15) is 33.4 Å². The minimum absolute atomic E-state index is 0.222. The van der Waals surface area contributed by atoms with E-state index >= 15 is 0 Å². The Morgan fingerprint density at radius 1 is 1.08 bits per heavy atom. The van der Waals surface area contributed by atoms with Gasteiger partial charge in [-0.15, -0.1) is 15.3 Å². The zero-order valence-corrected chi connectivity index (χ0v) is 14.9. The van der Waals surface area contributed by atoms with E-state index in [1.807, 2.05) is 37.1 Å². The van der Waals surface area contributed by atoms with Crippen molar-refractivity contribution in [2.75, 3.05) is 12.4 Å². The molecule has 1 N–H and O–H groups in total. The molecule has 0 fully saturated rings. The highest BCUT2D eigenvalue weighted by Gasteiger charge is 2.11. The largest absolute Gasteiger partial charge is 0.424 e. The van der Waals surface area contributed by atoms with Gasteiger partial charge in [0, 0.05) is 19.0 Å². The van der Waals surface area contributed by atoms with Crippen molar-refractivity contribution >= 4 is 11.7 Å². The molecular weight excluding hydrogens is 332 g/mol. The van der Waals surface area contributed by atoms with Crippen LogP contribution in [0.25, 0.3) is 0 Å². The molecule has 3 aromatic rings. The standard InChI is InChI=1S/C18H20N6O2/c1-12-7-8-16(22-20-12)19-18(25)15-6-4-5-14(9-15)10-24(3)11-17-23-21-13(2)26-17/h4-9H,10-11H2,1-3H3,(H,19,22,25). The molecule has 3 rings (SSSR count). The van der Waals surface area contributed by atoms with Crippen molar-refractivity contribution in [2.24, 2.45) is 0 Å². The van der Waals surface area contributed by atoms with Crippen molar-refractivity contribution in [3.05, 3.63) is 65.0 Å². The molecule has 134 valence electrons. The first-order valence-corrected chi connectivity index (χ1v) is 8.18. The van der Waals surface area contributed by atoms with Gasteiger partial charge in [0.2, 0.25) is 11.8 Å². The van der Waals surface area contributed by atoms with Crippen LogP contribution in [0.3, 0.4) is 0 Å². The highest BCUT2D eigenvalue weighted by Crippen LogP contribution is 2.12. The van der Waals surface area contributed by atoms with Gasteiger partial charge in [0.1, 0.15) is 0 Å². The number of anilines is 1. The Bertz CT molecular complexity index is 891. The number of benzene rings is 1. The van der Waals surface area contributed by atoms with Crippen molar-refractivity contribution < 1.29 is 9.21 Å². The van der Waals surface area contributed by atoms with Crippen LogP contribution in [0.5, 0.6) is 0 Å². The van der Waals surface area contributed by atoms with Crippen LogP contribution < -0.4 is 5.32 Å². The van der Waals surface area contributed by atoms with Crippen LogP contribution in [-0.2, 0) is 13.1 Å². The normalized spacial score (nSPS) is 10.9. The zero-order valence-electron chi connectivity index (χ0n) is 14.9. The summed E-state index contributed by atoms with van der Waals surface area (Å²) < 4.78 is 5.39. The van der Waals surface area contributed by atoms with Gasteiger partial charge in [0.15, 0.2) is 5.82 Å². The second-order valence-corrected chi connectivity index (χ2v) is 6.10. The summed E-state index contributed by atoms with van der Waals surface area (Å²) in [6, 6.07) is 11.0. The number of nitrogens with zero attached hydrogens (tertiary/aromatic N) is 5. The Balaban J connectivity index is 1.63. The van der Waals surface area contributed by atoms with E-state index in [1.54, 1.807) is 25.1 Å². The van der Waals surface area contributed by atoms with Gasteiger partial charge in [0.05, 0.1) is 12.2 Å². The quantitative estimate of drug-likeness (QED) is 0.727. The molecule has 0 aliphatic carbocycles. The van der Waals surface area contributed by atoms with Crippen LogP contribution in [0.15, 0.2) is 40.8 Å². The average molecular weight is 352 g/mol. The van der Waals surface area contributed by atoms with E-state index in [1.165, 1.54) is 0 Å². The number of carbonyl (C=O) groups is 1. The molecular formula is C18H20N6O2. The molecule has 2 aromatic heterocycles. The Hall–Kier alpha value is -3.13. The van der Waals surface area contributed by atoms with Crippen LogP contribution in [-0.4, -0.2) is 38.2 Å². The van der Waals surface area contributed by atoms with Gasteiger partial charge in [-0.1, -0.05) is 12.1 Å². The molecule has 0 bridgehead atoms. The Morgan fingerprint density at radius 2 is 1.92 bits per heavy atom. The first kappa shape index (κ1) is 17.7. The molecule has 0 aliphatic rings. The van der Waals surface area contributed by atoms with E-state index in [4.69, 9.17) is 4.42 Å². The van der Waals surface area contributed by atoms with E-state index in [2.05, 4.69) is 25.7 Å². The predicted octanol–water partition coefficient (Wildman–Crippen LogP) is 2.36. The summed E-state index contributed by atoms with van der Waals surface area (Å²) in [6.45, 7) is 4.79. The van der Waals surface area contributed by atoms with E-state index in [9.17, 15) is 4.79 Å². The fraction of sp³-hybridized carbons (Fsp3) is 0.278. The molecule has 0 unspecified atom stereocenters. The third kappa shape index (κ3) is 4.70. The molecule has 0 radical (unpaired) electrons. The average Bonchev–Trinajstić information content (AvgIpc) is 3.01. The number of aromatic nitrogens is 4. The minimum Gasteiger partial charge on any atom is -0.424 e. The lowest BCUT2D eigenvalue weighted by molar-refractivity contribution is 0.102. The van der Waals surface area contributed by atoms with Crippen molar-refractivity contribution in [1.29, 1.82) is 0 Å². The molecule has 0 atom stereocenters. The SMILES string of the molecule is Cc1ccc(NC(=O)c2cccc(CN(C)Cc3nnc(C)o3)c2)nn1. The molecule has 26 heavy (non-hydrogen) atoms. The third-order valence-corrected chi connectivity index (χ3v) is 3.65. The lowest BCUT2D eigenvalue weighted by atomic mass is 10.1. The molecule has 0 saturated heterocycles. The van der Waals surface area contributed by atoms with E-state index in [0.29, 0.717) is 36.3 Å². The van der Waals surface area contributed by atoms with Gasteiger partial charge >= 0.3 is 0 Å². The maximum Gasteiger partial charge on any atom is 0.256 e. The summed E-state index contributed by atoms with van der Waals surface area (Å²) in [4.78, 5) is 14.4. The lowest BCUT2D eigenvalue weighted by Gasteiger charge is -2.15. The maximum atomic E-state index is 12.4. The van der Waals surface area contributed by atoms with E-state index in [0.717, 1.165) is 11.3 Å². The highest BCUT2D eigenvalue weighted by molar-refractivity contribution is 6.03. The Kier molecular flexibility index (Phi) is 5.33. The van der Waals surface area contributed by atoms with Crippen molar-refractivity contribution in [3.63, 3.8) is 0 Å². The minimum atomic E-state index is -0.222. The molecule has 0 spiro atoms. The van der Waals surface area contributed by atoms with Crippen molar-refractivity contribution in [1.82, 2.24) is 25.3 Å². The number of carbonyl (C=O) groups excluding carboxylic acids is 1. The van der Waals surface area contributed by atoms with Gasteiger partial charge in [-0.3, -0.25) is 9.69 Å². The fourth-order valence-corrected chi connectivity index (χ4v) is 2.46. The summed E-state index contributed by atoms with van der Waals surface area (Å²) in [5, 5.41) is 18.4. The Labute approximate surface area is 151 Å². The molecule has 1 amide bonds. The first-order valence-electron chi connectivity index (χ1n) is 8.18. The second-order valence-electron chi connectivity index (χ2n) is 6.10. The van der Waals surface area contributed by atoms with Crippen molar-refractivity contribution in [3.8, 4) is 0 Å². The van der Waals surface area contributed by atoms with Gasteiger partial charge in [-0.25, -0.2) is 0 Å². The lowest BCUT2D eigenvalue weighted by Crippen LogP contribution is -2.18. The van der Waals surface area contributed by atoms with E-state index < -0.39 is 0 Å². The molecule has 2 heterocycles. The Morgan fingerprint density at radius 3 is 2.62 bits per heavy atom. The fourth-order valence-electron chi connectivity index (χ4n) is 2.46. The number of amides is 1. The van der Waals surface area contributed by atoms with Gasteiger partial charge in [-0.2, -0.15) is 5.10 Å². The van der Waals surface area contributed by atoms with Crippen LogP contribution in [0.2, 0.25) is 0 Å².